The van der Waals surface area contributed by atoms with E-state index in [2.05, 4.69) is 5.32 Å². The summed E-state index contributed by atoms with van der Waals surface area (Å²) in [6.45, 7) is 2.92. The fourth-order valence-electron chi connectivity index (χ4n) is 2.20. The molecule has 1 atom stereocenters. The summed E-state index contributed by atoms with van der Waals surface area (Å²) in [5.41, 5.74) is -0.966. The molecule has 0 aromatic rings. The minimum Gasteiger partial charge on any atom is -0.393 e. The van der Waals surface area contributed by atoms with Crippen molar-refractivity contribution in [2.75, 3.05) is 19.7 Å². The Morgan fingerprint density at radius 3 is 2.53 bits per heavy atom. The third-order valence-corrected chi connectivity index (χ3v) is 3.30. The molecule has 0 bridgehead atoms. The molecule has 3 N–H and O–H groups in total. The van der Waals surface area contributed by atoms with Crippen LogP contribution in [0.5, 0.6) is 0 Å². The summed E-state index contributed by atoms with van der Waals surface area (Å²) in [5, 5.41) is 21.6. The van der Waals surface area contributed by atoms with Gasteiger partial charge in [-0.15, -0.1) is 0 Å². The van der Waals surface area contributed by atoms with Gasteiger partial charge in [0.2, 0.25) is 0 Å². The van der Waals surface area contributed by atoms with E-state index in [0.29, 0.717) is 6.54 Å². The highest BCUT2D eigenvalue weighted by Crippen LogP contribution is 2.25. The van der Waals surface area contributed by atoms with Crippen LogP contribution in [-0.4, -0.2) is 35.5 Å². The van der Waals surface area contributed by atoms with Crippen molar-refractivity contribution in [2.24, 2.45) is 5.92 Å². The van der Waals surface area contributed by atoms with Crippen molar-refractivity contribution in [2.45, 2.75) is 51.0 Å². The lowest BCUT2D eigenvalue weighted by Crippen LogP contribution is -2.41. The van der Waals surface area contributed by atoms with Gasteiger partial charge < -0.3 is 15.5 Å². The van der Waals surface area contributed by atoms with Crippen LogP contribution >= 0.6 is 0 Å². The quantitative estimate of drug-likeness (QED) is 0.585. The Kier molecular flexibility index (Phi) is 5.58. The molecule has 0 saturated heterocycles. The smallest absolute Gasteiger partial charge is 0.0972 e. The van der Waals surface area contributed by atoms with Gasteiger partial charge in [-0.05, 0) is 25.8 Å². The number of aliphatic hydroxyl groups is 2. The molecule has 1 aliphatic rings. The SMILES string of the molecule is CC(O)(CO)CNCCC1CCCCC1. The molecule has 3 nitrogen and oxygen atoms in total. The molecule has 0 amide bonds. The van der Waals surface area contributed by atoms with Crippen molar-refractivity contribution in [3.05, 3.63) is 0 Å². The number of aliphatic hydroxyl groups excluding tert-OH is 1. The molecule has 1 unspecified atom stereocenters. The molecule has 90 valence electrons. The minimum absolute atomic E-state index is 0.177. The molecule has 15 heavy (non-hydrogen) atoms. The molecule has 0 aliphatic heterocycles. The van der Waals surface area contributed by atoms with Crippen molar-refractivity contribution in [1.29, 1.82) is 0 Å². The second-order valence-electron chi connectivity index (χ2n) is 5.12. The monoisotopic (exact) mass is 215 g/mol. The number of hydrogen-bond donors (Lipinski definition) is 3. The molecular formula is C12H25NO2. The molecule has 0 spiro atoms. The van der Waals surface area contributed by atoms with Crippen LogP contribution in [0, 0.1) is 5.92 Å². The van der Waals surface area contributed by atoms with Crippen LogP contribution in [0.15, 0.2) is 0 Å². The third-order valence-electron chi connectivity index (χ3n) is 3.30. The van der Waals surface area contributed by atoms with Crippen LogP contribution in [-0.2, 0) is 0 Å². The van der Waals surface area contributed by atoms with Crippen molar-refractivity contribution in [1.82, 2.24) is 5.32 Å². The fourth-order valence-corrected chi connectivity index (χ4v) is 2.20. The van der Waals surface area contributed by atoms with E-state index in [-0.39, 0.29) is 6.61 Å². The van der Waals surface area contributed by atoms with Crippen LogP contribution in [0.2, 0.25) is 0 Å². The lowest BCUT2D eigenvalue weighted by molar-refractivity contribution is 0.00263. The van der Waals surface area contributed by atoms with Gasteiger partial charge >= 0.3 is 0 Å². The molecule has 3 heteroatoms. The van der Waals surface area contributed by atoms with E-state index in [1.54, 1.807) is 6.92 Å². The van der Waals surface area contributed by atoms with Crippen LogP contribution in [0.3, 0.4) is 0 Å². The highest BCUT2D eigenvalue weighted by Gasteiger charge is 2.18. The van der Waals surface area contributed by atoms with E-state index in [1.165, 1.54) is 38.5 Å². The molecule has 0 aromatic carbocycles. The van der Waals surface area contributed by atoms with Gasteiger partial charge in [-0.3, -0.25) is 0 Å². The molecule has 0 aromatic heterocycles. The summed E-state index contributed by atoms with van der Waals surface area (Å²) in [7, 11) is 0. The normalized spacial score (nSPS) is 22.6. The summed E-state index contributed by atoms with van der Waals surface area (Å²) in [5.74, 6) is 0.880. The van der Waals surface area contributed by atoms with E-state index in [9.17, 15) is 5.11 Å². The highest BCUT2D eigenvalue weighted by atomic mass is 16.3. The van der Waals surface area contributed by atoms with Crippen LogP contribution in [0.1, 0.15) is 45.4 Å². The molecular weight excluding hydrogens is 190 g/mol. The van der Waals surface area contributed by atoms with Gasteiger partial charge in [0.1, 0.15) is 0 Å². The van der Waals surface area contributed by atoms with Gasteiger partial charge in [-0.1, -0.05) is 32.1 Å². The van der Waals surface area contributed by atoms with Crippen LogP contribution in [0.25, 0.3) is 0 Å². The van der Waals surface area contributed by atoms with Gasteiger partial charge in [-0.25, -0.2) is 0 Å². The van der Waals surface area contributed by atoms with Gasteiger partial charge in [0, 0.05) is 6.54 Å². The molecule has 1 fully saturated rings. The first-order chi connectivity index (χ1) is 7.14. The molecule has 0 radical (unpaired) electrons. The summed E-state index contributed by atoms with van der Waals surface area (Å²) in [4.78, 5) is 0. The summed E-state index contributed by atoms with van der Waals surface area (Å²) in [6.07, 6.45) is 8.14. The third kappa shape index (κ3) is 5.50. The Bertz CT molecular complexity index is 165. The van der Waals surface area contributed by atoms with Crippen molar-refractivity contribution in [3.8, 4) is 0 Å². The van der Waals surface area contributed by atoms with Gasteiger partial charge in [0.15, 0.2) is 0 Å². The fraction of sp³-hybridized carbons (Fsp3) is 1.00. The zero-order chi connectivity index (χ0) is 11.1. The van der Waals surface area contributed by atoms with E-state index in [4.69, 9.17) is 5.11 Å². The topological polar surface area (TPSA) is 52.5 Å². The van der Waals surface area contributed by atoms with Crippen LogP contribution < -0.4 is 5.32 Å². The maximum absolute atomic E-state index is 9.55. The van der Waals surface area contributed by atoms with Gasteiger partial charge in [-0.2, -0.15) is 0 Å². The average Bonchev–Trinajstić information content (AvgIpc) is 2.26. The zero-order valence-electron chi connectivity index (χ0n) is 9.84. The number of rotatable bonds is 6. The Hall–Kier alpha value is -0.120. The first-order valence-electron chi connectivity index (χ1n) is 6.18. The summed E-state index contributed by atoms with van der Waals surface area (Å²) < 4.78 is 0. The predicted octanol–water partition coefficient (Wildman–Crippen LogP) is 1.29. The summed E-state index contributed by atoms with van der Waals surface area (Å²) >= 11 is 0. The first-order valence-corrected chi connectivity index (χ1v) is 6.18. The zero-order valence-corrected chi connectivity index (χ0v) is 9.84. The Labute approximate surface area is 92.9 Å². The van der Waals surface area contributed by atoms with E-state index < -0.39 is 5.60 Å². The van der Waals surface area contributed by atoms with Crippen molar-refractivity contribution < 1.29 is 10.2 Å². The standard InChI is InChI=1S/C12H25NO2/c1-12(15,10-14)9-13-8-7-11-5-3-2-4-6-11/h11,13-15H,2-10H2,1H3. The van der Waals surface area contributed by atoms with Gasteiger partial charge in [0.05, 0.1) is 12.2 Å². The van der Waals surface area contributed by atoms with Gasteiger partial charge in [0.25, 0.3) is 0 Å². The lowest BCUT2D eigenvalue weighted by atomic mass is 9.87. The van der Waals surface area contributed by atoms with E-state index in [1.807, 2.05) is 0 Å². The Morgan fingerprint density at radius 2 is 1.93 bits per heavy atom. The number of nitrogens with one attached hydrogen (secondary N) is 1. The second-order valence-corrected chi connectivity index (χ2v) is 5.12. The largest absolute Gasteiger partial charge is 0.393 e. The number of hydrogen-bond acceptors (Lipinski definition) is 3. The van der Waals surface area contributed by atoms with Crippen LogP contribution in [0.4, 0.5) is 0 Å². The maximum Gasteiger partial charge on any atom is 0.0972 e. The molecule has 1 saturated carbocycles. The predicted molar refractivity (Wildman–Crippen MR) is 61.8 cm³/mol. The lowest BCUT2D eigenvalue weighted by Gasteiger charge is -2.24. The molecule has 1 aliphatic carbocycles. The molecule has 1 rings (SSSR count). The highest BCUT2D eigenvalue weighted by molar-refractivity contribution is 4.74. The summed E-state index contributed by atoms with van der Waals surface area (Å²) in [6, 6.07) is 0. The average molecular weight is 215 g/mol. The minimum atomic E-state index is -0.966. The molecule has 0 heterocycles. The second kappa shape index (κ2) is 6.46. The van der Waals surface area contributed by atoms with E-state index in [0.717, 1.165) is 12.5 Å². The van der Waals surface area contributed by atoms with E-state index >= 15 is 0 Å². The Balaban J connectivity index is 2.00. The maximum atomic E-state index is 9.55. The first kappa shape index (κ1) is 12.9. The Morgan fingerprint density at radius 1 is 1.27 bits per heavy atom. The van der Waals surface area contributed by atoms with Crippen molar-refractivity contribution >= 4 is 0 Å². The van der Waals surface area contributed by atoms with Crippen molar-refractivity contribution in [3.63, 3.8) is 0 Å².